The maximum absolute atomic E-state index is 13.1. The highest BCUT2D eigenvalue weighted by Crippen LogP contribution is 2.17. The summed E-state index contributed by atoms with van der Waals surface area (Å²) in [5.74, 6) is -0.848. The highest BCUT2D eigenvalue weighted by molar-refractivity contribution is 6.00. The highest BCUT2D eigenvalue weighted by atomic mass is 16.4. The van der Waals surface area contributed by atoms with E-state index in [9.17, 15) is 19.2 Å². The SMILES string of the molecule is CNC(=O)CC1C(=O)NCCN1C(=O)c1c(C)cc(CCCc2ccccc2)oc1=O. The van der Waals surface area contributed by atoms with Gasteiger partial charge in [0, 0.05) is 26.6 Å². The molecule has 1 saturated heterocycles. The van der Waals surface area contributed by atoms with Crippen molar-refractivity contribution in [2.75, 3.05) is 20.1 Å². The molecule has 1 aromatic heterocycles. The van der Waals surface area contributed by atoms with E-state index in [0.29, 0.717) is 17.7 Å². The summed E-state index contributed by atoms with van der Waals surface area (Å²) in [4.78, 5) is 51.1. The van der Waals surface area contributed by atoms with Gasteiger partial charge in [-0.15, -0.1) is 0 Å². The van der Waals surface area contributed by atoms with Crippen molar-refractivity contribution in [3.8, 4) is 0 Å². The summed E-state index contributed by atoms with van der Waals surface area (Å²) in [7, 11) is 1.46. The fourth-order valence-electron chi connectivity index (χ4n) is 3.75. The number of amides is 3. The smallest absolute Gasteiger partial charge is 0.349 e. The number of carbonyl (C=O) groups is 3. The molecule has 2 heterocycles. The molecule has 164 valence electrons. The number of carbonyl (C=O) groups excluding carboxylic acids is 3. The number of hydrogen-bond acceptors (Lipinski definition) is 5. The summed E-state index contributed by atoms with van der Waals surface area (Å²) in [6.45, 7) is 2.16. The van der Waals surface area contributed by atoms with E-state index in [4.69, 9.17) is 4.42 Å². The summed E-state index contributed by atoms with van der Waals surface area (Å²) < 4.78 is 5.42. The number of hydrogen-bond donors (Lipinski definition) is 2. The first-order valence-electron chi connectivity index (χ1n) is 10.4. The van der Waals surface area contributed by atoms with Crippen LogP contribution in [-0.2, 0) is 22.4 Å². The van der Waals surface area contributed by atoms with E-state index in [-0.39, 0.29) is 31.0 Å². The molecule has 8 heteroatoms. The lowest BCUT2D eigenvalue weighted by molar-refractivity contribution is -0.132. The number of rotatable bonds is 7. The molecule has 31 heavy (non-hydrogen) atoms. The van der Waals surface area contributed by atoms with Crippen LogP contribution >= 0.6 is 0 Å². The Hall–Kier alpha value is -3.42. The molecule has 0 saturated carbocycles. The molecule has 1 aliphatic heterocycles. The molecule has 1 unspecified atom stereocenters. The number of nitrogens with one attached hydrogen (secondary N) is 2. The first-order chi connectivity index (χ1) is 14.9. The monoisotopic (exact) mass is 425 g/mol. The van der Waals surface area contributed by atoms with Gasteiger partial charge in [-0.25, -0.2) is 4.79 Å². The van der Waals surface area contributed by atoms with E-state index in [1.807, 2.05) is 30.3 Å². The molecule has 1 aromatic carbocycles. The lowest BCUT2D eigenvalue weighted by atomic mass is 10.0. The molecule has 1 aliphatic rings. The number of nitrogens with zero attached hydrogens (tertiary/aromatic N) is 1. The van der Waals surface area contributed by atoms with Gasteiger partial charge >= 0.3 is 5.63 Å². The minimum Gasteiger partial charge on any atom is -0.427 e. The van der Waals surface area contributed by atoms with Crippen LogP contribution in [0.15, 0.2) is 45.6 Å². The number of aryl methyl sites for hydroxylation is 3. The summed E-state index contributed by atoms with van der Waals surface area (Å²) >= 11 is 0. The van der Waals surface area contributed by atoms with E-state index in [0.717, 1.165) is 12.8 Å². The van der Waals surface area contributed by atoms with Crippen molar-refractivity contribution >= 4 is 17.7 Å². The lowest BCUT2D eigenvalue weighted by Crippen LogP contribution is -2.58. The second-order valence-corrected chi connectivity index (χ2v) is 7.58. The first-order valence-corrected chi connectivity index (χ1v) is 10.4. The minimum absolute atomic E-state index is 0.0941. The molecule has 0 aliphatic carbocycles. The van der Waals surface area contributed by atoms with Crippen LogP contribution in [0.1, 0.15) is 40.1 Å². The Bertz CT molecular complexity index is 1020. The Labute approximate surface area is 180 Å². The van der Waals surface area contributed by atoms with Gasteiger partial charge in [0.05, 0.1) is 6.42 Å². The molecule has 8 nitrogen and oxygen atoms in total. The van der Waals surface area contributed by atoms with Crippen LogP contribution in [0.2, 0.25) is 0 Å². The predicted molar refractivity (Wildman–Crippen MR) is 115 cm³/mol. The van der Waals surface area contributed by atoms with Crippen LogP contribution < -0.4 is 16.3 Å². The van der Waals surface area contributed by atoms with Gasteiger partial charge in [0.25, 0.3) is 5.91 Å². The van der Waals surface area contributed by atoms with Gasteiger partial charge in [-0.2, -0.15) is 0 Å². The van der Waals surface area contributed by atoms with Gasteiger partial charge in [0.2, 0.25) is 11.8 Å². The second kappa shape index (κ2) is 10.1. The van der Waals surface area contributed by atoms with Crippen molar-refractivity contribution in [3.63, 3.8) is 0 Å². The number of benzene rings is 1. The Kier molecular flexibility index (Phi) is 7.23. The third kappa shape index (κ3) is 5.39. The zero-order valence-corrected chi connectivity index (χ0v) is 17.8. The molecule has 2 aromatic rings. The first kappa shape index (κ1) is 22.3. The van der Waals surface area contributed by atoms with Crippen LogP contribution in [-0.4, -0.2) is 48.8 Å². The maximum Gasteiger partial charge on any atom is 0.349 e. The molecule has 2 N–H and O–H groups in total. The fourth-order valence-corrected chi connectivity index (χ4v) is 3.75. The van der Waals surface area contributed by atoms with Crippen molar-refractivity contribution in [3.05, 3.63) is 69.3 Å². The Morgan fingerprint density at radius 1 is 1.19 bits per heavy atom. The van der Waals surface area contributed by atoms with Crippen molar-refractivity contribution in [1.29, 1.82) is 0 Å². The Balaban J connectivity index is 1.75. The highest BCUT2D eigenvalue weighted by Gasteiger charge is 2.36. The molecule has 3 amide bonds. The zero-order chi connectivity index (χ0) is 22.4. The quantitative estimate of drug-likeness (QED) is 0.693. The Morgan fingerprint density at radius 3 is 2.61 bits per heavy atom. The maximum atomic E-state index is 13.1. The van der Waals surface area contributed by atoms with E-state index < -0.39 is 23.5 Å². The molecular formula is C23H27N3O5. The van der Waals surface area contributed by atoms with Crippen LogP contribution in [0.5, 0.6) is 0 Å². The molecule has 3 rings (SSSR count). The van der Waals surface area contributed by atoms with E-state index in [1.165, 1.54) is 17.5 Å². The summed E-state index contributed by atoms with van der Waals surface area (Å²) in [6.07, 6.45) is 2.06. The van der Waals surface area contributed by atoms with Crippen LogP contribution in [0.4, 0.5) is 0 Å². The largest absolute Gasteiger partial charge is 0.427 e. The summed E-state index contributed by atoms with van der Waals surface area (Å²) in [5.41, 5.74) is 0.896. The third-order valence-corrected chi connectivity index (χ3v) is 5.39. The van der Waals surface area contributed by atoms with Gasteiger partial charge in [0.15, 0.2) is 0 Å². The normalized spacial score (nSPS) is 16.0. The van der Waals surface area contributed by atoms with Crippen LogP contribution in [0.25, 0.3) is 0 Å². The van der Waals surface area contributed by atoms with Crippen LogP contribution in [0.3, 0.4) is 0 Å². The standard InChI is InChI=1S/C23H27N3O5/c1-15-13-17(10-6-9-16-7-4-3-5-8-16)31-23(30)20(15)22(29)26-12-11-25-21(28)18(26)14-19(27)24-2/h3-5,7-8,13,18H,6,9-12,14H2,1-2H3,(H,24,27)(H,25,28). The van der Waals surface area contributed by atoms with E-state index >= 15 is 0 Å². The Morgan fingerprint density at radius 2 is 1.94 bits per heavy atom. The van der Waals surface area contributed by atoms with E-state index in [1.54, 1.807) is 13.0 Å². The van der Waals surface area contributed by atoms with E-state index in [2.05, 4.69) is 10.6 Å². The van der Waals surface area contributed by atoms with Crippen molar-refractivity contribution in [2.24, 2.45) is 0 Å². The molecule has 0 bridgehead atoms. The zero-order valence-electron chi connectivity index (χ0n) is 17.8. The van der Waals surface area contributed by atoms with Crippen LogP contribution in [0, 0.1) is 6.92 Å². The molecular weight excluding hydrogens is 398 g/mol. The predicted octanol–water partition coefficient (Wildman–Crippen LogP) is 1.20. The van der Waals surface area contributed by atoms with Gasteiger partial charge in [-0.05, 0) is 37.0 Å². The summed E-state index contributed by atoms with van der Waals surface area (Å²) in [5, 5.41) is 5.11. The summed E-state index contributed by atoms with van der Waals surface area (Å²) in [6, 6.07) is 10.8. The third-order valence-electron chi connectivity index (χ3n) is 5.39. The average Bonchev–Trinajstić information content (AvgIpc) is 2.75. The van der Waals surface area contributed by atoms with Gasteiger partial charge in [-0.1, -0.05) is 30.3 Å². The van der Waals surface area contributed by atoms with Gasteiger partial charge < -0.3 is 20.0 Å². The second-order valence-electron chi connectivity index (χ2n) is 7.58. The van der Waals surface area contributed by atoms with Crippen molar-refractivity contribution < 1.29 is 18.8 Å². The topological polar surface area (TPSA) is 109 Å². The van der Waals surface area contributed by atoms with Gasteiger partial charge in [-0.3, -0.25) is 14.4 Å². The number of piperazine rings is 1. The average molecular weight is 425 g/mol. The molecule has 0 radical (unpaired) electrons. The molecule has 1 fully saturated rings. The molecule has 1 atom stereocenters. The molecule has 0 spiro atoms. The lowest BCUT2D eigenvalue weighted by Gasteiger charge is -2.34. The fraction of sp³-hybridized carbons (Fsp3) is 0.391. The van der Waals surface area contributed by atoms with Crippen molar-refractivity contribution in [1.82, 2.24) is 15.5 Å². The minimum atomic E-state index is -0.967. The van der Waals surface area contributed by atoms with Gasteiger partial charge in [0.1, 0.15) is 17.4 Å². The van der Waals surface area contributed by atoms with Crippen molar-refractivity contribution in [2.45, 2.75) is 38.6 Å².